The number of amides is 1. The fourth-order valence-corrected chi connectivity index (χ4v) is 2.88. The standard InChI is InChI=1S/C15H21NO5S/c1-11(22(18,19)20)4-3-9-21-13-7-5-12-6-8-15(17)16(2)14(12)10-13/h5,7,10-11H,3-4,6,8-9H2,1-2H3,(H,18,19,20). The molecular weight excluding hydrogens is 306 g/mol. The van der Waals surface area contributed by atoms with E-state index in [0.717, 1.165) is 17.7 Å². The molecule has 0 fully saturated rings. The molecule has 0 saturated heterocycles. The lowest BCUT2D eigenvalue weighted by Crippen LogP contribution is -2.31. The zero-order chi connectivity index (χ0) is 16.3. The monoisotopic (exact) mass is 327 g/mol. The lowest BCUT2D eigenvalue weighted by molar-refractivity contribution is -0.118. The van der Waals surface area contributed by atoms with Crippen LogP contribution in [0.3, 0.4) is 0 Å². The molecule has 0 saturated carbocycles. The second-order valence-electron chi connectivity index (χ2n) is 5.56. The number of carbonyl (C=O) groups excluding carboxylic acids is 1. The first-order valence-corrected chi connectivity index (χ1v) is 8.78. The lowest BCUT2D eigenvalue weighted by Gasteiger charge is -2.26. The van der Waals surface area contributed by atoms with Crippen LogP contribution in [0, 0.1) is 0 Å². The van der Waals surface area contributed by atoms with Gasteiger partial charge in [0, 0.05) is 19.5 Å². The molecule has 0 radical (unpaired) electrons. The molecule has 0 aliphatic carbocycles. The summed E-state index contributed by atoms with van der Waals surface area (Å²) in [6, 6.07) is 5.64. The van der Waals surface area contributed by atoms with Gasteiger partial charge in [0.2, 0.25) is 5.91 Å². The third kappa shape index (κ3) is 3.98. The highest BCUT2D eigenvalue weighted by atomic mass is 32.2. The molecule has 2 rings (SSSR count). The first-order valence-electron chi connectivity index (χ1n) is 7.27. The van der Waals surface area contributed by atoms with E-state index in [1.54, 1.807) is 11.9 Å². The van der Waals surface area contributed by atoms with Gasteiger partial charge < -0.3 is 9.64 Å². The molecular formula is C15H21NO5S. The van der Waals surface area contributed by atoms with Crippen molar-refractivity contribution in [1.82, 2.24) is 0 Å². The normalized spacial score (nSPS) is 16.3. The smallest absolute Gasteiger partial charge is 0.267 e. The molecule has 1 aromatic rings. The average molecular weight is 327 g/mol. The quantitative estimate of drug-likeness (QED) is 0.638. The minimum Gasteiger partial charge on any atom is -0.494 e. The molecule has 1 aromatic carbocycles. The molecule has 1 N–H and O–H groups in total. The number of benzene rings is 1. The molecule has 122 valence electrons. The van der Waals surface area contributed by atoms with Crippen molar-refractivity contribution in [3.05, 3.63) is 23.8 Å². The second-order valence-corrected chi connectivity index (χ2v) is 7.39. The summed E-state index contributed by atoms with van der Waals surface area (Å²) in [5, 5.41) is -0.789. The van der Waals surface area contributed by atoms with Crippen molar-refractivity contribution in [2.24, 2.45) is 0 Å². The van der Waals surface area contributed by atoms with E-state index in [-0.39, 0.29) is 5.91 Å². The summed E-state index contributed by atoms with van der Waals surface area (Å²) in [4.78, 5) is 13.3. The number of fused-ring (bicyclic) bond motifs is 1. The van der Waals surface area contributed by atoms with Gasteiger partial charge in [0.25, 0.3) is 10.1 Å². The summed E-state index contributed by atoms with van der Waals surface area (Å²) >= 11 is 0. The van der Waals surface area contributed by atoms with Gasteiger partial charge >= 0.3 is 0 Å². The van der Waals surface area contributed by atoms with Crippen LogP contribution < -0.4 is 9.64 Å². The van der Waals surface area contributed by atoms with E-state index in [0.29, 0.717) is 31.6 Å². The predicted octanol–water partition coefficient (Wildman–Crippen LogP) is 2.03. The van der Waals surface area contributed by atoms with E-state index in [1.165, 1.54) is 6.92 Å². The molecule has 0 aromatic heterocycles. The van der Waals surface area contributed by atoms with Crippen LogP contribution in [0.5, 0.6) is 5.75 Å². The molecule has 1 atom stereocenters. The summed E-state index contributed by atoms with van der Waals surface area (Å²) in [6.07, 6.45) is 2.12. The maximum atomic E-state index is 11.7. The summed E-state index contributed by atoms with van der Waals surface area (Å²) in [6.45, 7) is 1.82. The molecule has 1 aliphatic rings. The van der Waals surface area contributed by atoms with Crippen LogP contribution in [0.2, 0.25) is 0 Å². The van der Waals surface area contributed by atoms with Gasteiger partial charge in [-0.05, 0) is 37.8 Å². The van der Waals surface area contributed by atoms with Gasteiger partial charge in [-0.25, -0.2) is 0 Å². The Kier molecular flexibility index (Phi) is 5.08. The molecule has 7 heteroatoms. The van der Waals surface area contributed by atoms with Gasteiger partial charge in [-0.3, -0.25) is 9.35 Å². The molecule has 1 unspecified atom stereocenters. The van der Waals surface area contributed by atoms with Crippen LogP contribution in [0.4, 0.5) is 5.69 Å². The Morgan fingerprint density at radius 1 is 1.36 bits per heavy atom. The molecule has 6 nitrogen and oxygen atoms in total. The lowest BCUT2D eigenvalue weighted by atomic mass is 10.0. The third-order valence-corrected chi connectivity index (χ3v) is 5.19. The summed E-state index contributed by atoms with van der Waals surface area (Å²) in [7, 11) is -2.23. The first-order chi connectivity index (χ1) is 10.3. The first kappa shape index (κ1) is 16.8. The predicted molar refractivity (Wildman–Crippen MR) is 83.9 cm³/mol. The van der Waals surface area contributed by atoms with Crippen LogP contribution in [0.1, 0.15) is 31.7 Å². The van der Waals surface area contributed by atoms with Gasteiger partial charge in [-0.15, -0.1) is 0 Å². The average Bonchev–Trinajstić information content (AvgIpc) is 2.46. The van der Waals surface area contributed by atoms with E-state index in [9.17, 15) is 13.2 Å². The van der Waals surface area contributed by atoms with Gasteiger partial charge in [-0.2, -0.15) is 8.42 Å². The van der Waals surface area contributed by atoms with Crippen LogP contribution in [0.25, 0.3) is 0 Å². The minimum absolute atomic E-state index is 0.0895. The number of hydrogen-bond acceptors (Lipinski definition) is 4. The Labute approximate surface area is 130 Å². The van der Waals surface area contributed by atoms with Crippen LogP contribution in [-0.4, -0.2) is 37.8 Å². The third-order valence-electron chi connectivity index (χ3n) is 3.93. The van der Waals surface area contributed by atoms with E-state index in [1.807, 2.05) is 18.2 Å². The molecule has 0 spiro atoms. The van der Waals surface area contributed by atoms with E-state index >= 15 is 0 Å². The molecule has 22 heavy (non-hydrogen) atoms. The Bertz CT molecular complexity index is 656. The molecule has 1 heterocycles. The zero-order valence-corrected chi connectivity index (χ0v) is 13.6. The molecule has 0 bridgehead atoms. The number of rotatable bonds is 6. The largest absolute Gasteiger partial charge is 0.494 e. The van der Waals surface area contributed by atoms with Crippen molar-refractivity contribution >= 4 is 21.7 Å². The number of carbonyl (C=O) groups is 1. The zero-order valence-electron chi connectivity index (χ0n) is 12.8. The van der Waals surface area contributed by atoms with Crippen molar-refractivity contribution < 1.29 is 22.5 Å². The summed E-state index contributed by atoms with van der Waals surface area (Å²) in [5.41, 5.74) is 1.98. The number of ether oxygens (including phenoxy) is 1. The Hall–Kier alpha value is -1.60. The highest BCUT2D eigenvalue weighted by molar-refractivity contribution is 7.86. The van der Waals surface area contributed by atoms with Crippen LogP contribution in [0.15, 0.2) is 18.2 Å². The Morgan fingerprint density at radius 3 is 2.77 bits per heavy atom. The van der Waals surface area contributed by atoms with Crippen molar-refractivity contribution in [3.63, 3.8) is 0 Å². The van der Waals surface area contributed by atoms with Crippen LogP contribution >= 0.6 is 0 Å². The summed E-state index contributed by atoms with van der Waals surface area (Å²) in [5.74, 6) is 0.742. The number of aryl methyl sites for hydroxylation is 1. The number of anilines is 1. The topological polar surface area (TPSA) is 83.9 Å². The fourth-order valence-electron chi connectivity index (χ4n) is 2.41. The van der Waals surface area contributed by atoms with Gasteiger partial charge in [0.05, 0.1) is 17.5 Å². The Morgan fingerprint density at radius 2 is 2.09 bits per heavy atom. The molecule has 1 amide bonds. The minimum atomic E-state index is -3.97. The van der Waals surface area contributed by atoms with Crippen molar-refractivity contribution in [2.75, 3.05) is 18.6 Å². The molecule has 1 aliphatic heterocycles. The van der Waals surface area contributed by atoms with Gasteiger partial charge in [0.1, 0.15) is 5.75 Å². The highest BCUT2D eigenvalue weighted by Crippen LogP contribution is 2.30. The number of hydrogen-bond donors (Lipinski definition) is 1. The highest BCUT2D eigenvalue weighted by Gasteiger charge is 2.21. The maximum Gasteiger partial charge on any atom is 0.267 e. The number of nitrogens with zero attached hydrogens (tertiary/aromatic N) is 1. The fraction of sp³-hybridized carbons (Fsp3) is 0.533. The second kappa shape index (κ2) is 6.66. The van der Waals surface area contributed by atoms with Crippen molar-refractivity contribution in [3.8, 4) is 5.75 Å². The van der Waals surface area contributed by atoms with E-state index in [4.69, 9.17) is 9.29 Å². The Balaban J connectivity index is 1.91. The summed E-state index contributed by atoms with van der Waals surface area (Å²) < 4.78 is 36.3. The van der Waals surface area contributed by atoms with Crippen molar-refractivity contribution in [1.29, 1.82) is 0 Å². The SMILES string of the molecule is CC(CCCOc1ccc2c(c1)N(C)C(=O)CC2)S(=O)(=O)O. The van der Waals surface area contributed by atoms with E-state index in [2.05, 4.69) is 0 Å². The van der Waals surface area contributed by atoms with Crippen LogP contribution in [-0.2, 0) is 21.3 Å². The van der Waals surface area contributed by atoms with E-state index < -0.39 is 15.4 Å². The van der Waals surface area contributed by atoms with Crippen molar-refractivity contribution in [2.45, 2.75) is 37.9 Å². The van der Waals surface area contributed by atoms with Gasteiger partial charge in [-0.1, -0.05) is 6.07 Å². The van der Waals surface area contributed by atoms with Gasteiger partial charge in [0.15, 0.2) is 0 Å². The maximum absolute atomic E-state index is 11.7.